The summed E-state index contributed by atoms with van der Waals surface area (Å²) in [6.07, 6.45) is 3.00. The Bertz CT molecular complexity index is 282. The average molecular weight is 208 g/mol. The second-order valence-corrected chi connectivity index (χ2v) is 3.77. The first-order valence-electron chi connectivity index (χ1n) is 5.65. The highest BCUT2D eigenvalue weighted by atomic mass is 16.5. The van der Waals surface area contributed by atoms with E-state index in [1.807, 2.05) is 24.3 Å². The Morgan fingerprint density at radius 1 is 1.27 bits per heavy atom. The van der Waals surface area contributed by atoms with E-state index in [4.69, 9.17) is 4.74 Å². The summed E-state index contributed by atoms with van der Waals surface area (Å²) < 4.78 is 5.64. The fourth-order valence-corrected chi connectivity index (χ4v) is 1.49. The molecular weight excluding hydrogens is 188 g/mol. The summed E-state index contributed by atoms with van der Waals surface area (Å²) in [5.41, 5.74) is 0.869. The molecule has 0 radical (unpaired) electrons. The molecule has 0 saturated carbocycles. The molecule has 1 rings (SSSR count). The first-order valence-corrected chi connectivity index (χ1v) is 5.65. The van der Waals surface area contributed by atoms with E-state index in [-0.39, 0.29) is 0 Å². The molecular formula is C13H20O2. The SMILES string of the molecule is CCCCCOc1ccccc1C(C)O. The van der Waals surface area contributed by atoms with Gasteiger partial charge >= 0.3 is 0 Å². The number of benzene rings is 1. The van der Waals surface area contributed by atoms with Gasteiger partial charge in [0.1, 0.15) is 5.75 Å². The predicted octanol–water partition coefficient (Wildman–Crippen LogP) is 3.31. The van der Waals surface area contributed by atoms with Gasteiger partial charge < -0.3 is 9.84 Å². The van der Waals surface area contributed by atoms with Gasteiger partial charge in [0.25, 0.3) is 0 Å². The maximum absolute atomic E-state index is 9.53. The van der Waals surface area contributed by atoms with Crippen molar-refractivity contribution in [2.75, 3.05) is 6.61 Å². The van der Waals surface area contributed by atoms with Gasteiger partial charge in [-0.15, -0.1) is 0 Å². The highest BCUT2D eigenvalue weighted by molar-refractivity contribution is 5.34. The summed E-state index contributed by atoms with van der Waals surface area (Å²) in [7, 11) is 0. The molecule has 1 unspecified atom stereocenters. The van der Waals surface area contributed by atoms with Crippen LogP contribution in [-0.2, 0) is 0 Å². The topological polar surface area (TPSA) is 29.5 Å². The fourth-order valence-electron chi connectivity index (χ4n) is 1.49. The van der Waals surface area contributed by atoms with Gasteiger partial charge in [-0.1, -0.05) is 38.0 Å². The van der Waals surface area contributed by atoms with Crippen LogP contribution in [-0.4, -0.2) is 11.7 Å². The molecule has 1 aromatic carbocycles. The zero-order valence-corrected chi connectivity index (χ0v) is 9.57. The molecule has 0 bridgehead atoms. The Balaban J connectivity index is 2.52. The average Bonchev–Trinajstić information content (AvgIpc) is 2.25. The molecule has 0 amide bonds. The molecule has 1 aromatic rings. The van der Waals surface area contributed by atoms with Crippen molar-refractivity contribution < 1.29 is 9.84 Å². The van der Waals surface area contributed by atoms with E-state index in [9.17, 15) is 5.11 Å². The maximum Gasteiger partial charge on any atom is 0.125 e. The van der Waals surface area contributed by atoms with E-state index in [0.717, 1.165) is 24.3 Å². The first kappa shape index (κ1) is 12.1. The minimum Gasteiger partial charge on any atom is -0.493 e. The third-order valence-electron chi connectivity index (χ3n) is 2.37. The minimum absolute atomic E-state index is 0.465. The van der Waals surface area contributed by atoms with E-state index in [1.54, 1.807) is 6.92 Å². The van der Waals surface area contributed by atoms with Gasteiger partial charge in [-0.25, -0.2) is 0 Å². The summed E-state index contributed by atoms with van der Waals surface area (Å²) in [5, 5.41) is 9.53. The number of rotatable bonds is 6. The summed E-state index contributed by atoms with van der Waals surface area (Å²) in [5.74, 6) is 0.809. The second kappa shape index (κ2) is 6.46. The van der Waals surface area contributed by atoms with Crippen molar-refractivity contribution in [3.05, 3.63) is 29.8 Å². The lowest BCUT2D eigenvalue weighted by Crippen LogP contribution is -2.01. The molecule has 84 valence electrons. The molecule has 0 saturated heterocycles. The lowest BCUT2D eigenvalue weighted by Gasteiger charge is -2.12. The van der Waals surface area contributed by atoms with Crippen molar-refractivity contribution in [1.29, 1.82) is 0 Å². The van der Waals surface area contributed by atoms with Crippen molar-refractivity contribution in [2.24, 2.45) is 0 Å². The fraction of sp³-hybridized carbons (Fsp3) is 0.538. The van der Waals surface area contributed by atoms with Crippen molar-refractivity contribution in [3.63, 3.8) is 0 Å². The van der Waals surface area contributed by atoms with E-state index in [0.29, 0.717) is 0 Å². The number of aliphatic hydroxyl groups excluding tert-OH is 1. The Hall–Kier alpha value is -1.02. The zero-order chi connectivity index (χ0) is 11.1. The molecule has 15 heavy (non-hydrogen) atoms. The van der Waals surface area contributed by atoms with Crippen LogP contribution in [0.3, 0.4) is 0 Å². The van der Waals surface area contributed by atoms with Crippen molar-refractivity contribution in [3.8, 4) is 5.75 Å². The van der Waals surface area contributed by atoms with Gasteiger partial charge in [-0.2, -0.15) is 0 Å². The van der Waals surface area contributed by atoms with Gasteiger partial charge in [0.05, 0.1) is 12.7 Å². The Morgan fingerprint density at radius 2 is 2.00 bits per heavy atom. The van der Waals surface area contributed by atoms with Crippen LogP contribution >= 0.6 is 0 Å². The van der Waals surface area contributed by atoms with Crippen molar-refractivity contribution in [1.82, 2.24) is 0 Å². The molecule has 0 aromatic heterocycles. The molecule has 0 aliphatic heterocycles. The molecule has 0 spiro atoms. The number of ether oxygens (including phenoxy) is 1. The summed E-state index contributed by atoms with van der Waals surface area (Å²) >= 11 is 0. The third kappa shape index (κ3) is 3.92. The summed E-state index contributed by atoms with van der Waals surface area (Å²) in [4.78, 5) is 0. The van der Waals surface area contributed by atoms with Crippen LogP contribution in [0, 0.1) is 0 Å². The third-order valence-corrected chi connectivity index (χ3v) is 2.37. The molecule has 2 heteroatoms. The zero-order valence-electron chi connectivity index (χ0n) is 9.57. The van der Waals surface area contributed by atoms with Gasteiger partial charge in [0.15, 0.2) is 0 Å². The standard InChI is InChI=1S/C13H20O2/c1-3-4-7-10-15-13-9-6-5-8-12(13)11(2)14/h5-6,8-9,11,14H,3-4,7,10H2,1-2H3. The Kier molecular flexibility index (Phi) is 5.19. The largest absolute Gasteiger partial charge is 0.493 e. The van der Waals surface area contributed by atoms with Crippen LogP contribution in [0.2, 0.25) is 0 Å². The molecule has 2 nitrogen and oxygen atoms in total. The quantitative estimate of drug-likeness (QED) is 0.727. The van der Waals surface area contributed by atoms with Crippen LogP contribution < -0.4 is 4.74 Å². The van der Waals surface area contributed by atoms with E-state index < -0.39 is 6.10 Å². The molecule has 0 heterocycles. The van der Waals surface area contributed by atoms with Crippen LogP contribution in [0.15, 0.2) is 24.3 Å². The van der Waals surface area contributed by atoms with Gasteiger partial charge in [-0.3, -0.25) is 0 Å². The molecule has 1 N–H and O–H groups in total. The van der Waals surface area contributed by atoms with E-state index in [2.05, 4.69) is 6.92 Å². The number of aliphatic hydroxyl groups is 1. The number of unbranched alkanes of at least 4 members (excludes halogenated alkanes) is 2. The lowest BCUT2D eigenvalue weighted by atomic mass is 10.1. The first-order chi connectivity index (χ1) is 7.25. The Labute approximate surface area is 91.9 Å². The Morgan fingerprint density at radius 3 is 2.67 bits per heavy atom. The molecule has 0 aliphatic rings. The number of para-hydroxylation sites is 1. The summed E-state index contributed by atoms with van der Waals surface area (Å²) in [6, 6.07) is 7.66. The van der Waals surface area contributed by atoms with Crippen LogP contribution in [0.4, 0.5) is 0 Å². The van der Waals surface area contributed by atoms with Crippen LogP contribution in [0.25, 0.3) is 0 Å². The highest BCUT2D eigenvalue weighted by Crippen LogP contribution is 2.24. The molecule has 0 aliphatic carbocycles. The van der Waals surface area contributed by atoms with Crippen LogP contribution in [0.5, 0.6) is 5.75 Å². The van der Waals surface area contributed by atoms with Gasteiger partial charge in [0.2, 0.25) is 0 Å². The van der Waals surface area contributed by atoms with Gasteiger partial charge in [-0.05, 0) is 19.4 Å². The minimum atomic E-state index is -0.465. The number of hydrogen-bond donors (Lipinski definition) is 1. The lowest BCUT2D eigenvalue weighted by molar-refractivity contribution is 0.190. The highest BCUT2D eigenvalue weighted by Gasteiger charge is 2.07. The number of hydrogen-bond acceptors (Lipinski definition) is 2. The monoisotopic (exact) mass is 208 g/mol. The van der Waals surface area contributed by atoms with E-state index in [1.165, 1.54) is 12.8 Å². The van der Waals surface area contributed by atoms with Gasteiger partial charge in [0, 0.05) is 5.56 Å². The predicted molar refractivity (Wildman–Crippen MR) is 62.1 cm³/mol. The molecule has 0 fully saturated rings. The summed E-state index contributed by atoms with van der Waals surface area (Å²) in [6.45, 7) is 4.66. The maximum atomic E-state index is 9.53. The smallest absolute Gasteiger partial charge is 0.125 e. The van der Waals surface area contributed by atoms with E-state index >= 15 is 0 Å². The normalized spacial score (nSPS) is 12.5. The second-order valence-electron chi connectivity index (χ2n) is 3.77. The molecule has 1 atom stereocenters. The van der Waals surface area contributed by atoms with Crippen LogP contribution in [0.1, 0.15) is 44.8 Å². The van der Waals surface area contributed by atoms with Crippen molar-refractivity contribution in [2.45, 2.75) is 39.2 Å². The van der Waals surface area contributed by atoms with Crippen molar-refractivity contribution >= 4 is 0 Å².